The Labute approximate surface area is 143 Å². The number of methoxy groups -OCH3 is 1. The van der Waals surface area contributed by atoms with Gasteiger partial charge in [0, 0.05) is 33.3 Å². The van der Waals surface area contributed by atoms with E-state index in [2.05, 4.69) is 10.2 Å². The Morgan fingerprint density at radius 3 is 2.58 bits per heavy atom. The summed E-state index contributed by atoms with van der Waals surface area (Å²) < 4.78 is 5.51. The number of phenols is 1. The van der Waals surface area contributed by atoms with Gasteiger partial charge in [-0.2, -0.15) is 0 Å². The first-order valence-corrected chi connectivity index (χ1v) is 8.80. The number of urea groups is 1. The molecule has 1 aliphatic heterocycles. The van der Waals surface area contributed by atoms with E-state index >= 15 is 0 Å². The number of nitrogens with zero attached hydrogens (tertiary/aromatic N) is 2. The fourth-order valence-corrected chi connectivity index (χ4v) is 3.68. The average Bonchev–Trinajstić information content (AvgIpc) is 2.63. The van der Waals surface area contributed by atoms with Crippen LogP contribution in [0, 0.1) is 0 Å². The molecular formula is C18H27N3O3. The van der Waals surface area contributed by atoms with E-state index in [1.165, 1.54) is 6.42 Å². The maximum Gasteiger partial charge on any atom is 0.317 e. The van der Waals surface area contributed by atoms with E-state index in [0.29, 0.717) is 18.8 Å². The molecule has 0 radical (unpaired) electrons. The highest BCUT2D eigenvalue weighted by Crippen LogP contribution is 2.27. The number of carbonyl (C=O) groups is 1. The molecule has 1 aromatic rings. The number of hydrogen-bond acceptors (Lipinski definition) is 4. The van der Waals surface area contributed by atoms with E-state index in [0.717, 1.165) is 38.0 Å². The predicted octanol–water partition coefficient (Wildman–Crippen LogP) is 2.18. The Hall–Kier alpha value is -1.95. The minimum absolute atomic E-state index is 0.000818. The summed E-state index contributed by atoms with van der Waals surface area (Å²) in [6.45, 7) is 2.77. The summed E-state index contributed by atoms with van der Waals surface area (Å²) in [5, 5.41) is 13.1. The molecule has 0 bridgehead atoms. The number of nitrogens with one attached hydrogen (secondary N) is 1. The first-order chi connectivity index (χ1) is 11.7. The van der Waals surface area contributed by atoms with Gasteiger partial charge in [0.1, 0.15) is 5.75 Å². The van der Waals surface area contributed by atoms with Crippen molar-refractivity contribution < 1.29 is 14.6 Å². The molecule has 132 valence electrons. The molecule has 6 nitrogen and oxygen atoms in total. The third kappa shape index (κ3) is 3.75. The van der Waals surface area contributed by atoms with E-state index in [4.69, 9.17) is 4.74 Å². The maximum absolute atomic E-state index is 12.5. The lowest BCUT2D eigenvalue weighted by Gasteiger charge is -2.38. The van der Waals surface area contributed by atoms with Gasteiger partial charge in [-0.05, 0) is 25.0 Å². The summed E-state index contributed by atoms with van der Waals surface area (Å²) in [6, 6.07) is 7.47. The largest absolute Gasteiger partial charge is 0.506 e. The van der Waals surface area contributed by atoms with E-state index in [1.807, 2.05) is 23.1 Å². The summed E-state index contributed by atoms with van der Waals surface area (Å²) >= 11 is 0. The van der Waals surface area contributed by atoms with E-state index < -0.39 is 0 Å². The van der Waals surface area contributed by atoms with Crippen molar-refractivity contribution in [3.63, 3.8) is 0 Å². The molecule has 1 aromatic carbocycles. The van der Waals surface area contributed by atoms with Gasteiger partial charge in [-0.1, -0.05) is 25.0 Å². The van der Waals surface area contributed by atoms with Crippen LogP contribution in [0.25, 0.3) is 0 Å². The number of ether oxygens (including phenoxy) is 1. The molecule has 24 heavy (non-hydrogen) atoms. The fraction of sp³-hybridized carbons (Fsp3) is 0.611. The zero-order valence-corrected chi connectivity index (χ0v) is 14.3. The zero-order valence-electron chi connectivity index (χ0n) is 14.3. The van der Waals surface area contributed by atoms with Gasteiger partial charge in [0.15, 0.2) is 0 Å². The highest BCUT2D eigenvalue weighted by atomic mass is 16.5. The van der Waals surface area contributed by atoms with Crippen LogP contribution in [0.4, 0.5) is 10.5 Å². The Kier molecular flexibility index (Phi) is 5.45. The second kappa shape index (κ2) is 7.75. The second-order valence-corrected chi connectivity index (χ2v) is 6.58. The number of phenolic OH excluding ortho intramolecular Hbond substituents is 1. The first-order valence-electron chi connectivity index (χ1n) is 8.80. The number of para-hydroxylation sites is 2. The Bertz CT molecular complexity index is 558. The quantitative estimate of drug-likeness (QED) is 0.890. The summed E-state index contributed by atoms with van der Waals surface area (Å²) in [5.41, 5.74) is 0.837. The van der Waals surface area contributed by atoms with Gasteiger partial charge in [0.2, 0.25) is 0 Å². The number of benzene rings is 1. The number of piperazine rings is 1. The summed E-state index contributed by atoms with van der Waals surface area (Å²) in [5.74, 6) is 0.292. The van der Waals surface area contributed by atoms with Crippen LogP contribution in [0.15, 0.2) is 24.3 Å². The Balaban J connectivity index is 1.52. The lowest BCUT2D eigenvalue weighted by molar-refractivity contribution is 0.0430. The van der Waals surface area contributed by atoms with Crippen molar-refractivity contribution in [1.82, 2.24) is 10.2 Å². The molecule has 0 unspecified atom stereocenters. The molecule has 2 amide bonds. The van der Waals surface area contributed by atoms with Crippen molar-refractivity contribution in [3.8, 4) is 5.75 Å². The van der Waals surface area contributed by atoms with Crippen LogP contribution < -0.4 is 10.2 Å². The molecule has 3 rings (SSSR count). The molecule has 1 aliphatic carbocycles. The van der Waals surface area contributed by atoms with Gasteiger partial charge in [-0.25, -0.2) is 4.79 Å². The summed E-state index contributed by atoms with van der Waals surface area (Å²) in [7, 11) is 1.72. The number of rotatable bonds is 3. The molecule has 2 N–H and O–H groups in total. The van der Waals surface area contributed by atoms with E-state index in [9.17, 15) is 9.90 Å². The number of hydrogen-bond donors (Lipinski definition) is 2. The Morgan fingerprint density at radius 2 is 1.88 bits per heavy atom. The van der Waals surface area contributed by atoms with Crippen LogP contribution in [0.5, 0.6) is 5.75 Å². The van der Waals surface area contributed by atoms with Gasteiger partial charge < -0.3 is 25.0 Å². The van der Waals surface area contributed by atoms with Gasteiger partial charge >= 0.3 is 6.03 Å². The smallest absolute Gasteiger partial charge is 0.317 e. The number of aromatic hydroxyl groups is 1. The van der Waals surface area contributed by atoms with Crippen molar-refractivity contribution in [2.75, 3.05) is 38.2 Å². The minimum Gasteiger partial charge on any atom is -0.506 e. The SMILES string of the molecule is CO[C@H]1CCCC[C@@H]1NC(=O)N1CCN(c2ccccc2O)CC1. The number of amides is 2. The lowest BCUT2D eigenvalue weighted by Crippen LogP contribution is -2.56. The lowest BCUT2D eigenvalue weighted by atomic mass is 9.92. The van der Waals surface area contributed by atoms with Gasteiger partial charge in [0.05, 0.1) is 17.8 Å². The third-order valence-electron chi connectivity index (χ3n) is 5.10. The standard InChI is InChI=1S/C18H27N3O3/c1-24-17-9-5-2-6-14(17)19-18(23)21-12-10-20(11-13-21)15-7-3-4-8-16(15)22/h3-4,7-8,14,17,22H,2,5-6,9-13H2,1H3,(H,19,23)/t14-,17-/m0/s1. The molecule has 2 atom stereocenters. The second-order valence-electron chi connectivity index (χ2n) is 6.58. The van der Waals surface area contributed by atoms with Crippen molar-refractivity contribution >= 4 is 11.7 Å². The van der Waals surface area contributed by atoms with Crippen LogP contribution in [0.1, 0.15) is 25.7 Å². The van der Waals surface area contributed by atoms with Gasteiger partial charge in [-0.15, -0.1) is 0 Å². The molecular weight excluding hydrogens is 306 g/mol. The normalized spacial score (nSPS) is 24.7. The van der Waals surface area contributed by atoms with E-state index in [-0.39, 0.29) is 18.2 Å². The van der Waals surface area contributed by atoms with Gasteiger partial charge in [-0.3, -0.25) is 0 Å². The highest BCUT2D eigenvalue weighted by Gasteiger charge is 2.29. The third-order valence-corrected chi connectivity index (χ3v) is 5.10. The van der Waals surface area contributed by atoms with Crippen molar-refractivity contribution in [1.29, 1.82) is 0 Å². The molecule has 0 spiro atoms. The molecule has 1 heterocycles. The van der Waals surface area contributed by atoms with Crippen molar-refractivity contribution in [3.05, 3.63) is 24.3 Å². The zero-order chi connectivity index (χ0) is 16.9. The van der Waals surface area contributed by atoms with Crippen molar-refractivity contribution in [2.24, 2.45) is 0 Å². The van der Waals surface area contributed by atoms with E-state index in [1.54, 1.807) is 13.2 Å². The minimum atomic E-state index is 0.000818. The predicted molar refractivity (Wildman–Crippen MR) is 93.5 cm³/mol. The first kappa shape index (κ1) is 16.9. The summed E-state index contributed by atoms with van der Waals surface area (Å²) in [4.78, 5) is 16.5. The highest BCUT2D eigenvalue weighted by molar-refractivity contribution is 5.75. The van der Waals surface area contributed by atoms with Crippen LogP contribution in [0.3, 0.4) is 0 Å². The molecule has 2 aliphatic rings. The van der Waals surface area contributed by atoms with Crippen LogP contribution in [-0.4, -0.2) is 61.5 Å². The molecule has 6 heteroatoms. The monoisotopic (exact) mass is 333 g/mol. The van der Waals surface area contributed by atoms with Crippen LogP contribution in [-0.2, 0) is 4.74 Å². The number of anilines is 1. The van der Waals surface area contributed by atoms with Crippen LogP contribution in [0.2, 0.25) is 0 Å². The summed E-state index contributed by atoms with van der Waals surface area (Å²) in [6.07, 6.45) is 4.45. The number of carbonyl (C=O) groups excluding carboxylic acids is 1. The average molecular weight is 333 g/mol. The van der Waals surface area contributed by atoms with Crippen LogP contribution >= 0.6 is 0 Å². The molecule has 2 fully saturated rings. The van der Waals surface area contributed by atoms with Gasteiger partial charge in [0.25, 0.3) is 0 Å². The Morgan fingerprint density at radius 1 is 1.17 bits per heavy atom. The topological polar surface area (TPSA) is 65.0 Å². The maximum atomic E-state index is 12.5. The van der Waals surface area contributed by atoms with Crippen molar-refractivity contribution in [2.45, 2.75) is 37.8 Å². The molecule has 0 aromatic heterocycles. The molecule has 1 saturated heterocycles. The fourth-order valence-electron chi connectivity index (χ4n) is 3.68. The molecule has 1 saturated carbocycles.